The third kappa shape index (κ3) is 4.19. The third-order valence-electron chi connectivity index (χ3n) is 0.976. The van der Waals surface area contributed by atoms with Crippen LogP contribution in [0.25, 0.3) is 0 Å². The molecule has 0 radical (unpaired) electrons. The number of ketones is 1. The van der Waals surface area contributed by atoms with E-state index in [2.05, 4.69) is 4.79 Å². The number of carbonyl (C=O) groups excluding carboxylic acids is 3. The largest absolute Gasteiger partial charge is 0.538 e. The predicted molar refractivity (Wildman–Crippen MR) is 41.1 cm³/mol. The van der Waals surface area contributed by atoms with Crippen molar-refractivity contribution in [3.8, 4) is 0 Å². The standard InChI is InChI=1S/C6H6N2O4S/c1-3(9)13-2-4(10)5(8-7)6(11)12/h7H,2H2,1H3. The van der Waals surface area contributed by atoms with E-state index in [1.807, 2.05) is 0 Å². The summed E-state index contributed by atoms with van der Waals surface area (Å²) in [5, 5.41) is 9.83. The quantitative estimate of drug-likeness (QED) is 0.252. The van der Waals surface area contributed by atoms with Gasteiger partial charge in [-0.15, -0.1) is 0 Å². The number of aliphatic carboxylic acids is 1. The molecule has 0 spiro atoms. The second-order valence-electron chi connectivity index (χ2n) is 1.95. The van der Waals surface area contributed by atoms with Crippen LogP contribution in [0.4, 0.5) is 0 Å². The van der Waals surface area contributed by atoms with Gasteiger partial charge in [0, 0.05) is 6.92 Å². The summed E-state index contributed by atoms with van der Waals surface area (Å²) in [5.41, 5.74) is 5.39. The van der Waals surface area contributed by atoms with Crippen molar-refractivity contribution in [2.75, 3.05) is 5.75 Å². The monoisotopic (exact) mass is 202 g/mol. The molecule has 0 aliphatic heterocycles. The SMILES string of the molecule is CC(=O)SCC(=O)C(=[N+]=N)C(=O)[O-]. The molecule has 0 fully saturated rings. The average Bonchev–Trinajstić information content (AvgIpc) is 2.01. The minimum atomic E-state index is -1.80. The molecule has 6 nitrogen and oxygen atoms in total. The van der Waals surface area contributed by atoms with Gasteiger partial charge in [-0.25, -0.2) is 0 Å². The molecule has 0 unspecified atom stereocenters. The molecule has 0 aliphatic rings. The van der Waals surface area contributed by atoms with Gasteiger partial charge in [-0.05, 0) is 0 Å². The summed E-state index contributed by atoms with van der Waals surface area (Å²) in [5.74, 6) is -3.03. The summed E-state index contributed by atoms with van der Waals surface area (Å²) in [6, 6.07) is 0. The zero-order chi connectivity index (χ0) is 10.4. The van der Waals surface area contributed by atoms with Gasteiger partial charge in [-0.3, -0.25) is 9.59 Å². The van der Waals surface area contributed by atoms with Crippen LogP contribution in [-0.2, 0) is 14.4 Å². The molecule has 0 bridgehead atoms. The number of thioether (sulfide) groups is 1. The van der Waals surface area contributed by atoms with E-state index >= 15 is 0 Å². The Bertz CT molecular complexity index is 306. The maximum absolute atomic E-state index is 10.9. The number of hydrogen-bond donors (Lipinski definition) is 1. The van der Waals surface area contributed by atoms with Gasteiger partial charge < -0.3 is 9.90 Å². The molecule has 0 aliphatic carbocycles. The Morgan fingerprint density at radius 1 is 1.46 bits per heavy atom. The molecule has 0 aromatic rings. The van der Waals surface area contributed by atoms with E-state index in [1.165, 1.54) is 6.92 Å². The highest BCUT2D eigenvalue weighted by atomic mass is 32.2. The van der Waals surface area contributed by atoms with Crippen molar-refractivity contribution >= 4 is 34.3 Å². The first-order chi connectivity index (χ1) is 5.99. The summed E-state index contributed by atoms with van der Waals surface area (Å²) in [6.07, 6.45) is 0. The van der Waals surface area contributed by atoms with Crippen LogP contribution in [0.5, 0.6) is 0 Å². The maximum atomic E-state index is 10.9. The lowest BCUT2D eigenvalue weighted by molar-refractivity contribution is -0.298. The average molecular weight is 202 g/mol. The van der Waals surface area contributed by atoms with Gasteiger partial charge in [-0.2, -0.15) is 0 Å². The molecule has 0 aromatic heterocycles. The smallest absolute Gasteiger partial charge is 0.430 e. The molecule has 0 atom stereocenters. The van der Waals surface area contributed by atoms with Crippen LogP contribution < -0.4 is 5.11 Å². The van der Waals surface area contributed by atoms with Crippen molar-refractivity contribution < 1.29 is 24.3 Å². The first-order valence-electron chi connectivity index (χ1n) is 3.11. The number of nitrogens with one attached hydrogen (secondary N) is 1. The minimum absolute atomic E-state index is 0.309. The van der Waals surface area contributed by atoms with Gasteiger partial charge in [0.2, 0.25) is 0 Å². The van der Waals surface area contributed by atoms with Crippen molar-refractivity contribution in [2.45, 2.75) is 6.92 Å². The fourth-order valence-corrected chi connectivity index (χ4v) is 0.928. The predicted octanol–water partition coefficient (Wildman–Crippen LogP) is -1.73. The molecule has 0 rings (SSSR count). The number of hydrogen-bond acceptors (Lipinski definition) is 6. The van der Waals surface area contributed by atoms with Crippen molar-refractivity contribution in [3.63, 3.8) is 0 Å². The van der Waals surface area contributed by atoms with Crippen LogP contribution in [-0.4, -0.2) is 33.1 Å². The topological polar surface area (TPSA) is 112 Å². The van der Waals surface area contributed by atoms with E-state index in [0.717, 1.165) is 0 Å². The molecular weight excluding hydrogens is 196 g/mol. The summed E-state index contributed by atoms with van der Waals surface area (Å²) in [7, 11) is 0. The summed E-state index contributed by atoms with van der Waals surface area (Å²) < 4.78 is 0. The van der Waals surface area contributed by atoms with Crippen LogP contribution >= 0.6 is 11.8 Å². The van der Waals surface area contributed by atoms with Gasteiger partial charge in [0.05, 0.1) is 16.1 Å². The molecule has 0 saturated heterocycles. The van der Waals surface area contributed by atoms with Crippen LogP contribution in [0.2, 0.25) is 0 Å². The van der Waals surface area contributed by atoms with E-state index < -0.39 is 17.5 Å². The zero-order valence-electron chi connectivity index (χ0n) is 6.70. The van der Waals surface area contributed by atoms with Crippen LogP contribution in [0.1, 0.15) is 6.92 Å². The molecule has 1 N–H and O–H groups in total. The first-order valence-corrected chi connectivity index (χ1v) is 4.10. The Morgan fingerprint density at radius 3 is 2.31 bits per heavy atom. The molecule has 0 heterocycles. The number of Topliss-reactive ketones (excluding diaryl/α,β-unsaturated/α-hetero) is 1. The van der Waals surface area contributed by atoms with Gasteiger partial charge in [0.25, 0.3) is 5.78 Å². The number of carboxylic acid groups (broad SMARTS) is 1. The lowest BCUT2D eigenvalue weighted by Gasteiger charge is -1.92. The van der Waals surface area contributed by atoms with Crippen molar-refractivity contribution in [1.82, 2.24) is 0 Å². The third-order valence-corrected chi connectivity index (χ3v) is 1.79. The fraction of sp³-hybridized carbons (Fsp3) is 0.333. The van der Waals surface area contributed by atoms with Crippen molar-refractivity contribution in [2.24, 2.45) is 0 Å². The van der Waals surface area contributed by atoms with Gasteiger partial charge in [-0.1, -0.05) is 11.8 Å². The number of carbonyl (C=O) groups is 3. The lowest BCUT2D eigenvalue weighted by Crippen LogP contribution is -2.38. The molecular formula is C6H6N2O4S. The second kappa shape index (κ2) is 5.23. The van der Waals surface area contributed by atoms with E-state index in [0.29, 0.717) is 11.8 Å². The molecule has 0 aromatic carbocycles. The van der Waals surface area contributed by atoms with E-state index in [1.54, 1.807) is 0 Å². The highest BCUT2D eigenvalue weighted by Gasteiger charge is 2.24. The van der Waals surface area contributed by atoms with E-state index in [9.17, 15) is 19.5 Å². The summed E-state index contributed by atoms with van der Waals surface area (Å²) in [4.78, 5) is 33.9. The van der Waals surface area contributed by atoms with Crippen LogP contribution in [0.3, 0.4) is 0 Å². The fourth-order valence-electron chi connectivity index (χ4n) is 0.457. The van der Waals surface area contributed by atoms with Gasteiger partial charge >= 0.3 is 5.71 Å². The van der Waals surface area contributed by atoms with Crippen LogP contribution in [0, 0.1) is 5.53 Å². The normalized spacial score (nSPS) is 8.69. The Kier molecular flexibility index (Phi) is 4.64. The van der Waals surface area contributed by atoms with Gasteiger partial charge in [0.15, 0.2) is 11.1 Å². The maximum Gasteiger partial charge on any atom is 0.430 e. The molecule has 0 saturated carbocycles. The first kappa shape index (κ1) is 11.5. The Balaban J connectivity index is 4.34. The minimum Gasteiger partial charge on any atom is -0.538 e. The highest BCUT2D eigenvalue weighted by Crippen LogP contribution is 2.00. The molecule has 13 heavy (non-hydrogen) atoms. The lowest BCUT2D eigenvalue weighted by atomic mass is 10.3. The van der Waals surface area contributed by atoms with Crippen molar-refractivity contribution in [3.05, 3.63) is 0 Å². The Hall–Kier alpha value is -1.46. The highest BCUT2D eigenvalue weighted by molar-refractivity contribution is 8.14. The number of carboxylic acids is 1. The molecule has 7 heteroatoms. The molecule has 70 valence electrons. The molecule has 0 amide bonds. The van der Waals surface area contributed by atoms with Crippen molar-refractivity contribution in [1.29, 1.82) is 5.53 Å². The van der Waals surface area contributed by atoms with Crippen LogP contribution in [0.15, 0.2) is 0 Å². The second-order valence-corrected chi connectivity index (χ2v) is 3.10. The summed E-state index contributed by atoms with van der Waals surface area (Å²) >= 11 is 0.657. The number of nitrogens with zero attached hydrogens (tertiary/aromatic N) is 1. The van der Waals surface area contributed by atoms with E-state index in [-0.39, 0.29) is 10.9 Å². The number of rotatable bonds is 4. The van der Waals surface area contributed by atoms with Gasteiger partial charge in [0.1, 0.15) is 0 Å². The Morgan fingerprint density at radius 2 is 2.00 bits per heavy atom. The zero-order valence-corrected chi connectivity index (χ0v) is 7.51. The summed E-state index contributed by atoms with van der Waals surface area (Å²) in [6.45, 7) is 1.24. The Labute approximate surface area is 77.5 Å². The van der Waals surface area contributed by atoms with E-state index in [4.69, 9.17) is 5.53 Å².